The van der Waals surface area contributed by atoms with Gasteiger partial charge in [-0.15, -0.1) is 0 Å². The Kier molecular flexibility index (Phi) is 6.53. The summed E-state index contributed by atoms with van der Waals surface area (Å²) < 4.78 is 7.60. The Morgan fingerprint density at radius 3 is 2.74 bits per heavy atom. The number of rotatable bonds is 9. The van der Waals surface area contributed by atoms with Gasteiger partial charge in [0, 0.05) is 25.2 Å². The number of nitrogen functional groups attached to an aromatic ring is 1. The third-order valence-electron chi connectivity index (χ3n) is 6.90. The molecule has 3 unspecified atom stereocenters. The highest BCUT2D eigenvalue weighted by atomic mass is 16.5. The number of nitrogens with two attached hydrogens (primary N) is 2. The molecule has 0 spiro atoms. The fourth-order valence-corrected chi connectivity index (χ4v) is 5.25. The number of methoxy groups -OCH3 is 1. The van der Waals surface area contributed by atoms with Gasteiger partial charge in [-0.2, -0.15) is 10.1 Å². The van der Waals surface area contributed by atoms with Gasteiger partial charge in [-0.25, -0.2) is 4.98 Å². The number of aromatic nitrogens is 4. The highest BCUT2D eigenvalue weighted by Crippen LogP contribution is 2.29. The van der Waals surface area contributed by atoms with Crippen molar-refractivity contribution in [2.45, 2.75) is 39.0 Å². The first-order valence-corrected chi connectivity index (χ1v) is 12.1. The molecule has 182 valence electrons. The molecule has 34 heavy (non-hydrogen) atoms. The highest BCUT2D eigenvalue weighted by Gasteiger charge is 2.35. The lowest BCUT2D eigenvalue weighted by molar-refractivity contribution is 0.305. The zero-order valence-corrected chi connectivity index (χ0v) is 20.0. The van der Waals surface area contributed by atoms with E-state index in [0.717, 1.165) is 55.6 Å². The topological polar surface area (TPSA) is 132 Å². The second-order valence-electron chi connectivity index (χ2n) is 9.55. The number of hydrogen-bond donors (Lipinski definition) is 4. The first kappa shape index (κ1) is 22.8. The van der Waals surface area contributed by atoms with Gasteiger partial charge in [0.25, 0.3) is 0 Å². The summed E-state index contributed by atoms with van der Waals surface area (Å²) in [5.74, 6) is 3.22. The van der Waals surface area contributed by atoms with Gasteiger partial charge in [0.15, 0.2) is 11.3 Å². The van der Waals surface area contributed by atoms with E-state index < -0.39 is 0 Å². The van der Waals surface area contributed by atoms with Crippen LogP contribution in [0.4, 0.5) is 11.8 Å². The van der Waals surface area contributed by atoms with Crippen LogP contribution in [-0.4, -0.2) is 64.1 Å². The van der Waals surface area contributed by atoms with Gasteiger partial charge in [-0.3, -0.25) is 9.58 Å². The normalized spacial score (nSPS) is 21.1. The van der Waals surface area contributed by atoms with Gasteiger partial charge >= 0.3 is 0 Å². The fourth-order valence-electron chi connectivity index (χ4n) is 5.25. The van der Waals surface area contributed by atoms with Crippen LogP contribution >= 0.6 is 0 Å². The van der Waals surface area contributed by atoms with Crippen LogP contribution in [0.1, 0.15) is 30.9 Å². The third-order valence-corrected chi connectivity index (χ3v) is 6.90. The van der Waals surface area contributed by atoms with Crippen molar-refractivity contribution in [1.82, 2.24) is 30.0 Å². The molecule has 2 aromatic heterocycles. The molecular weight excluding hydrogens is 430 g/mol. The Balaban J connectivity index is 1.32. The van der Waals surface area contributed by atoms with Crippen LogP contribution in [0, 0.1) is 11.8 Å². The summed E-state index contributed by atoms with van der Waals surface area (Å²) in [6.07, 6.45) is 3.46. The van der Waals surface area contributed by atoms with Crippen LogP contribution < -0.4 is 26.8 Å². The van der Waals surface area contributed by atoms with Gasteiger partial charge in [-0.1, -0.05) is 25.5 Å². The summed E-state index contributed by atoms with van der Waals surface area (Å²) in [6, 6.07) is 6.48. The zero-order valence-electron chi connectivity index (χ0n) is 20.0. The molecule has 6 N–H and O–H groups in total. The molecule has 0 bridgehead atoms. The van der Waals surface area contributed by atoms with Crippen molar-refractivity contribution < 1.29 is 4.74 Å². The van der Waals surface area contributed by atoms with Crippen molar-refractivity contribution in [3.05, 3.63) is 35.5 Å². The first-order valence-electron chi connectivity index (χ1n) is 12.1. The molecule has 0 aliphatic carbocycles. The Bertz CT molecular complexity index is 1130. The number of likely N-dealkylation sites (tertiary alicyclic amines) is 1. The van der Waals surface area contributed by atoms with Gasteiger partial charge < -0.3 is 26.8 Å². The molecule has 3 aromatic rings. The molecule has 10 heteroatoms. The van der Waals surface area contributed by atoms with Gasteiger partial charge in [0.05, 0.1) is 26.0 Å². The molecule has 2 aliphatic heterocycles. The summed E-state index contributed by atoms with van der Waals surface area (Å²) in [7, 11) is 1.72. The fraction of sp³-hybridized carbons (Fsp3) is 0.542. The van der Waals surface area contributed by atoms with E-state index in [1.807, 2.05) is 10.9 Å². The quantitative estimate of drug-likeness (QED) is 0.348. The summed E-state index contributed by atoms with van der Waals surface area (Å²) in [6.45, 7) is 8.25. The minimum Gasteiger partial charge on any atom is -0.496 e. The number of anilines is 2. The Morgan fingerprint density at radius 2 is 2.00 bits per heavy atom. The number of nitrogens with zero attached hydrogens (tertiary/aromatic N) is 5. The summed E-state index contributed by atoms with van der Waals surface area (Å²) in [4.78, 5) is 11.2. The average Bonchev–Trinajstić information content (AvgIpc) is 3.49. The third kappa shape index (κ3) is 4.79. The molecule has 2 fully saturated rings. The molecule has 3 atom stereocenters. The van der Waals surface area contributed by atoms with Crippen molar-refractivity contribution in [2.75, 3.05) is 44.3 Å². The second kappa shape index (κ2) is 9.73. The van der Waals surface area contributed by atoms with Crippen molar-refractivity contribution >= 4 is 22.8 Å². The van der Waals surface area contributed by atoms with E-state index in [1.165, 1.54) is 18.7 Å². The Hall–Kier alpha value is -2.95. The van der Waals surface area contributed by atoms with Crippen LogP contribution in [0.15, 0.2) is 24.4 Å². The van der Waals surface area contributed by atoms with Crippen molar-refractivity contribution in [2.24, 2.45) is 17.6 Å². The smallest absolute Gasteiger partial charge is 0.222 e. The van der Waals surface area contributed by atoms with E-state index >= 15 is 0 Å². The highest BCUT2D eigenvalue weighted by molar-refractivity contribution is 5.85. The predicted octanol–water partition coefficient (Wildman–Crippen LogP) is 1.61. The van der Waals surface area contributed by atoms with Crippen LogP contribution in [-0.2, 0) is 13.1 Å². The first-order chi connectivity index (χ1) is 16.5. The lowest BCUT2D eigenvalue weighted by atomic mass is 10.0. The Morgan fingerprint density at radius 1 is 1.21 bits per heavy atom. The number of hydrogen-bond acceptors (Lipinski definition) is 9. The molecule has 2 saturated heterocycles. The van der Waals surface area contributed by atoms with E-state index in [1.54, 1.807) is 7.11 Å². The predicted molar refractivity (Wildman–Crippen MR) is 133 cm³/mol. The maximum atomic E-state index is 6.15. The lowest BCUT2D eigenvalue weighted by Gasteiger charge is -2.18. The molecule has 0 saturated carbocycles. The average molecular weight is 466 g/mol. The lowest BCUT2D eigenvalue weighted by Crippen LogP contribution is -2.29. The standard InChI is InChI=1S/C24H35N9O/c1-3-4-21(25)29-23-22-19(28-24(26)30-23)14-33(31-22)13-16-6-5-15(7-20(16)34-2)10-32-11-17-8-27-9-18(17)12-32/h5-7,14,17-18,21,27H,3-4,8-13,25H2,1-2H3,(H3,26,28,29,30). The molecular formula is C24H35N9O. The van der Waals surface area contributed by atoms with E-state index in [9.17, 15) is 0 Å². The van der Waals surface area contributed by atoms with Crippen molar-refractivity contribution in [3.8, 4) is 5.75 Å². The van der Waals surface area contributed by atoms with Crippen LogP contribution in [0.25, 0.3) is 11.0 Å². The monoisotopic (exact) mass is 465 g/mol. The van der Waals surface area contributed by atoms with Crippen molar-refractivity contribution in [1.29, 1.82) is 0 Å². The van der Waals surface area contributed by atoms with Crippen LogP contribution in [0.2, 0.25) is 0 Å². The summed E-state index contributed by atoms with van der Waals surface area (Å²) >= 11 is 0. The largest absolute Gasteiger partial charge is 0.496 e. The molecule has 0 radical (unpaired) electrons. The van der Waals surface area contributed by atoms with Crippen molar-refractivity contribution in [3.63, 3.8) is 0 Å². The van der Waals surface area contributed by atoms with E-state index in [4.69, 9.17) is 21.3 Å². The number of benzene rings is 1. The summed E-state index contributed by atoms with van der Waals surface area (Å²) in [5.41, 5.74) is 15.8. The number of fused-ring (bicyclic) bond motifs is 2. The van der Waals surface area contributed by atoms with E-state index in [2.05, 4.69) is 50.6 Å². The molecule has 0 amide bonds. The number of nitrogens with one attached hydrogen (secondary N) is 2. The van der Waals surface area contributed by atoms with Gasteiger partial charge in [0.2, 0.25) is 5.95 Å². The van der Waals surface area contributed by atoms with E-state index in [-0.39, 0.29) is 12.1 Å². The van der Waals surface area contributed by atoms with Gasteiger partial charge in [-0.05, 0) is 43.0 Å². The Labute approximate surface area is 200 Å². The maximum absolute atomic E-state index is 6.15. The van der Waals surface area contributed by atoms with Crippen LogP contribution in [0.3, 0.4) is 0 Å². The maximum Gasteiger partial charge on any atom is 0.222 e. The molecule has 1 aromatic carbocycles. The summed E-state index contributed by atoms with van der Waals surface area (Å²) in [5, 5.41) is 11.5. The zero-order chi connectivity index (χ0) is 23.7. The SMILES string of the molecule is CCCC(N)Nc1nc(N)nc2cn(Cc3ccc(CN4CC5CNCC5C4)cc3OC)nc12. The van der Waals surface area contributed by atoms with Gasteiger partial charge in [0.1, 0.15) is 11.3 Å². The number of ether oxygens (including phenoxy) is 1. The molecule has 4 heterocycles. The molecule has 10 nitrogen and oxygen atoms in total. The molecule has 5 rings (SSSR count). The minimum atomic E-state index is -0.216. The second-order valence-corrected chi connectivity index (χ2v) is 9.55. The molecule has 2 aliphatic rings. The van der Waals surface area contributed by atoms with Crippen LogP contribution in [0.5, 0.6) is 5.75 Å². The van der Waals surface area contributed by atoms with E-state index in [0.29, 0.717) is 23.4 Å². The minimum absolute atomic E-state index is 0.196.